The van der Waals surface area contributed by atoms with E-state index in [1.54, 1.807) is 0 Å². The van der Waals surface area contributed by atoms with Crippen molar-refractivity contribution in [1.82, 2.24) is 14.8 Å². The van der Waals surface area contributed by atoms with Crippen molar-refractivity contribution < 1.29 is 26.0 Å². The highest BCUT2D eigenvalue weighted by atomic mass is 32.2. The van der Waals surface area contributed by atoms with Gasteiger partial charge in [-0.3, -0.25) is 0 Å². The molecule has 5 nitrogen and oxygen atoms in total. The van der Waals surface area contributed by atoms with Crippen molar-refractivity contribution in [2.45, 2.75) is 48.1 Å². The smallest absolute Gasteiger partial charge is 0.247 e. The molecule has 0 spiro atoms. The summed E-state index contributed by atoms with van der Waals surface area (Å²) in [6, 6.07) is 1.92. The fraction of sp³-hybridized carbons (Fsp3) is 0.467. The third-order valence-electron chi connectivity index (χ3n) is 4.64. The molecule has 4 rings (SSSR count). The maximum Gasteiger partial charge on any atom is 0.267 e. The lowest BCUT2D eigenvalue weighted by atomic mass is 9.97. The molecule has 0 unspecified atom stereocenters. The average molecular weight is 375 g/mol. The SMILES string of the molecule is O=S(=O)(c1nc2n(n1)[C@H](c1cc(F)cc(F)c1)C[C@@H]2F)[C@H]1C[C@H](F)C1. The van der Waals surface area contributed by atoms with E-state index in [-0.39, 0.29) is 30.7 Å². The minimum atomic E-state index is -3.96. The van der Waals surface area contributed by atoms with E-state index in [2.05, 4.69) is 10.1 Å². The van der Waals surface area contributed by atoms with Crippen LogP contribution in [0.4, 0.5) is 17.6 Å². The van der Waals surface area contributed by atoms with E-state index in [9.17, 15) is 26.0 Å². The fourth-order valence-corrected chi connectivity index (χ4v) is 4.87. The van der Waals surface area contributed by atoms with Gasteiger partial charge in [-0.1, -0.05) is 0 Å². The highest BCUT2D eigenvalue weighted by Gasteiger charge is 2.44. The van der Waals surface area contributed by atoms with Gasteiger partial charge in [0.15, 0.2) is 12.0 Å². The summed E-state index contributed by atoms with van der Waals surface area (Å²) in [5.41, 5.74) is 0.139. The van der Waals surface area contributed by atoms with E-state index in [1.165, 1.54) is 0 Å². The lowest BCUT2D eigenvalue weighted by Crippen LogP contribution is -2.37. The normalized spacial score (nSPS) is 28.6. The Balaban J connectivity index is 1.72. The van der Waals surface area contributed by atoms with Crippen LogP contribution in [0.5, 0.6) is 0 Å². The summed E-state index contributed by atoms with van der Waals surface area (Å²) < 4.78 is 79.9. The summed E-state index contributed by atoms with van der Waals surface area (Å²) in [5, 5.41) is 2.38. The van der Waals surface area contributed by atoms with Crippen LogP contribution in [0.1, 0.15) is 42.9 Å². The van der Waals surface area contributed by atoms with Crippen molar-refractivity contribution in [3.63, 3.8) is 0 Å². The number of aromatic nitrogens is 3. The van der Waals surface area contributed by atoms with Gasteiger partial charge in [-0.15, -0.1) is 5.10 Å². The first kappa shape index (κ1) is 16.5. The van der Waals surface area contributed by atoms with Gasteiger partial charge in [0.05, 0.1) is 11.3 Å². The van der Waals surface area contributed by atoms with Gasteiger partial charge < -0.3 is 0 Å². The Kier molecular flexibility index (Phi) is 3.64. The molecule has 134 valence electrons. The minimum Gasteiger partial charge on any atom is -0.247 e. The second-order valence-electron chi connectivity index (χ2n) is 6.35. The van der Waals surface area contributed by atoms with Gasteiger partial charge in [0.25, 0.3) is 5.16 Å². The van der Waals surface area contributed by atoms with Crippen LogP contribution in [0.2, 0.25) is 0 Å². The lowest BCUT2D eigenvalue weighted by Gasteiger charge is -2.27. The van der Waals surface area contributed by atoms with Gasteiger partial charge in [0.2, 0.25) is 9.84 Å². The molecule has 2 aliphatic rings. The Bertz CT molecular complexity index is 920. The third kappa shape index (κ3) is 2.62. The molecule has 1 aromatic carbocycles. The van der Waals surface area contributed by atoms with Gasteiger partial charge in [0.1, 0.15) is 17.8 Å². The summed E-state index contributed by atoms with van der Waals surface area (Å²) in [7, 11) is -3.96. The number of rotatable bonds is 3. The summed E-state index contributed by atoms with van der Waals surface area (Å²) in [6.45, 7) is 0. The number of nitrogens with zero attached hydrogens (tertiary/aromatic N) is 3. The number of fused-ring (bicyclic) bond motifs is 1. The Morgan fingerprint density at radius 3 is 2.28 bits per heavy atom. The van der Waals surface area contributed by atoms with Crippen molar-refractivity contribution in [2.24, 2.45) is 0 Å². The first-order valence-electron chi connectivity index (χ1n) is 7.70. The number of halogens is 4. The second-order valence-corrected chi connectivity index (χ2v) is 8.48. The first-order chi connectivity index (χ1) is 11.8. The topological polar surface area (TPSA) is 64.8 Å². The van der Waals surface area contributed by atoms with E-state index in [1.807, 2.05) is 0 Å². The molecule has 0 N–H and O–H groups in total. The predicted molar refractivity (Wildman–Crippen MR) is 78.1 cm³/mol. The molecule has 0 amide bonds. The zero-order valence-corrected chi connectivity index (χ0v) is 13.6. The predicted octanol–water partition coefficient (Wildman–Crippen LogP) is 2.83. The van der Waals surface area contributed by atoms with Gasteiger partial charge in [-0.25, -0.2) is 30.7 Å². The van der Waals surface area contributed by atoms with Crippen LogP contribution in [0.15, 0.2) is 23.4 Å². The fourth-order valence-electron chi connectivity index (χ4n) is 3.23. The molecule has 2 heterocycles. The molecule has 1 aromatic heterocycles. The highest BCUT2D eigenvalue weighted by molar-refractivity contribution is 7.91. The minimum absolute atomic E-state index is 0.135. The zero-order valence-electron chi connectivity index (χ0n) is 12.7. The van der Waals surface area contributed by atoms with Crippen LogP contribution in [-0.4, -0.2) is 34.6 Å². The van der Waals surface area contributed by atoms with E-state index in [0.29, 0.717) is 6.07 Å². The monoisotopic (exact) mass is 375 g/mol. The first-order valence-corrected chi connectivity index (χ1v) is 9.25. The Hall–Kier alpha value is -1.97. The number of sulfone groups is 1. The number of hydrogen-bond donors (Lipinski definition) is 0. The molecule has 0 saturated heterocycles. The van der Waals surface area contributed by atoms with Crippen molar-refractivity contribution in [3.05, 3.63) is 41.2 Å². The second kappa shape index (κ2) is 5.52. The molecule has 1 fully saturated rings. The van der Waals surface area contributed by atoms with Gasteiger partial charge in [-0.05, 0) is 30.5 Å². The number of hydrogen-bond acceptors (Lipinski definition) is 4. The van der Waals surface area contributed by atoms with Crippen LogP contribution in [0.25, 0.3) is 0 Å². The Morgan fingerprint density at radius 1 is 1.04 bits per heavy atom. The summed E-state index contributed by atoms with van der Waals surface area (Å²) in [6.07, 6.45) is -3.20. The van der Waals surface area contributed by atoms with Crippen LogP contribution in [0.3, 0.4) is 0 Å². The Morgan fingerprint density at radius 2 is 1.68 bits per heavy atom. The molecule has 0 bridgehead atoms. The van der Waals surface area contributed by atoms with Gasteiger partial charge in [-0.2, -0.15) is 4.98 Å². The van der Waals surface area contributed by atoms with Crippen LogP contribution in [-0.2, 0) is 9.84 Å². The molecular weight excluding hydrogens is 362 g/mol. The molecule has 25 heavy (non-hydrogen) atoms. The largest absolute Gasteiger partial charge is 0.267 e. The van der Waals surface area contributed by atoms with Gasteiger partial charge in [0, 0.05) is 12.5 Å². The summed E-state index contributed by atoms with van der Waals surface area (Å²) >= 11 is 0. The van der Waals surface area contributed by atoms with Gasteiger partial charge >= 0.3 is 0 Å². The van der Waals surface area contributed by atoms with Crippen molar-refractivity contribution in [3.8, 4) is 0 Å². The Labute approximate surface area is 140 Å². The molecule has 1 saturated carbocycles. The van der Waals surface area contributed by atoms with Crippen molar-refractivity contribution >= 4 is 9.84 Å². The van der Waals surface area contributed by atoms with Crippen LogP contribution < -0.4 is 0 Å². The molecule has 0 radical (unpaired) electrons. The number of benzene rings is 1. The molecule has 1 aliphatic heterocycles. The van der Waals surface area contributed by atoms with E-state index in [0.717, 1.165) is 16.8 Å². The maximum atomic E-state index is 14.2. The summed E-state index contributed by atoms with van der Waals surface area (Å²) in [4.78, 5) is 3.77. The average Bonchev–Trinajstić information content (AvgIpc) is 3.04. The summed E-state index contributed by atoms with van der Waals surface area (Å²) in [5.74, 6) is -1.85. The van der Waals surface area contributed by atoms with E-state index >= 15 is 0 Å². The standard InChI is InChI=1S/C15H13F4N3O2S/c16-8-1-7(2-9(17)3-8)13-6-12(19)14-20-15(21-22(13)14)25(23,24)11-4-10(18)5-11/h1-3,10-13H,4-6H2/t10-,11-,12-,13-/m0/s1. The van der Waals surface area contributed by atoms with Crippen LogP contribution >= 0.6 is 0 Å². The van der Waals surface area contributed by atoms with Crippen molar-refractivity contribution in [2.75, 3.05) is 0 Å². The molecule has 2 aromatic rings. The van der Waals surface area contributed by atoms with E-state index < -0.39 is 50.3 Å². The third-order valence-corrected chi connectivity index (χ3v) is 6.59. The highest BCUT2D eigenvalue weighted by Crippen LogP contribution is 2.41. The molecule has 2 atom stereocenters. The maximum absolute atomic E-state index is 14.2. The number of alkyl halides is 2. The molecule has 1 aliphatic carbocycles. The molecular formula is C15H13F4N3O2S. The van der Waals surface area contributed by atoms with Crippen LogP contribution in [0, 0.1) is 11.6 Å². The lowest BCUT2D eigenvalue weighted by molar-refractivity contribution is 0.213. The molecule has 10 heteroatoms. The van der Waals surface area contributed by atoms with Crippen molar-refractivity contribution in [1.29, 1.82) is 0 Å². The quantitative estimate of drug-likeness (QED) is 0.774. The van der Waals surface area contributed by atoms with E-state index in [4.69, 9.17) is 0 Å². The zero-order chi connectivity index (χ0) is 17.9.